The van der Waals surface area contributed by atoms with Crippen molar-refractivity contribution in [3.05, 3.63) is 46.1 Å². The first kappa shape index (κ1) is 27.2. The third-order valence-electron chi connectivity index (χ3n) is 5.63. The Morgan fingerprint density at radius 3 is 1.94 bits per heavy atom. The smallest absolute Gasteiger partial charge is 0.356 e. The van der Waals surface area contributed by atoms with Crippen molar-refractivity contribution in [3.63, 3.8) is 0 Å². The Kier molecular flexibility index (Phi) is 7.68. The lowest BCUT2D eigenvalue weighted by Crippen LogP contribution is -2.30. The lowest BCUT2D eigenvalue weighted by molar-refractivity contribution is -0.144. The molecular formula is C22H25F9N4. The number of benzene rings is 1. The lowest BCUT2D eigenvalue weighted by atomic mass is 10.0. The Balaban J connectivity index is 1.90. The summed E-state index contributed by atoms with van der Waals surface area (Å²) in [5.41, 5.74) is -4.66. The van der Waals surface area contributed by atoms with Crippen LogP contribution in [0.15, 0.2) is 18.2 Å². The molecule has 13 heteroatoms. The highest BCUT2D eigenvalue weighted by Crippen LogP contribution is 2.39. The van der Waals surface area contributed by atoms with Gasteiger partial charge in [-0.1, -0.05) is 6.92 Å². The van der Waals surface area contributed by atoms with E-state index in [2.05, 4.69) is 10.4 Å². The molecule has 0 spiro atoms. The van der Waals surface area contributed by atoms with E-state index in [0.29, 0.717) is 37.6 Å². The standard InChI is InChI=1S/C22H25F9N4/c1-3-6-35(12-13-4-5-13)19-17(18(22(29,30)31)33-34(19)2)11-32-10-14-7-15(20(23,24)25)9-16(8-14)21(26,27)28/h7-9,13,32H,3-6,10-12H2,1-2H3. The highest BCUT2D eigenvalue weighted by molar-refractivity contribution is 5.51. The molecule has 1 aromatic heterocycles. The summed E-state index contributed by atoms with van der Waals surface area (Å²) in [6, 6.07) is 1.10. The van der Waals surface area contributed by atoms with E-state index in [1.165, 1.54) is 7.05 Å². The molecule has 0 amide bonds. The summed E-state index contributed by atoms with van der Waals surface area (Å²) >= 11 is 0. The second-order valence-corrected chi connectivity index (χ2v) is 8.68. The van der Waals surface area contributed by atoms with Crippen molar-refractivity contribution >= 4 is 5.82 Å². The molecule has 1 aliphatic rings. The number of hydrogen-bond acceptors (Lipinski definition) is 3. The zero-order valence-electron chi connectivity index (χ0n) is 19.0. The van der Waals surface area contributed by atoms with Gasteiger partial charge in [0.15, 0.2) is 5.69 Å². The van der Waals surface area contributed by atoms with Crippen molar-refractivity contribution in [2.24, 2.45) is 13.0 Å². The fraction of sp³-hybridized carbons (Fsp3) is 0.591. The Morgan fingerprint density at radius 1 is 0.914 bits per heavy atom. The van der Waals surface area contributed by atoms with Crippen molar-refractivity contribution < 1.29 is 39.5 Å². The van der Waals surface area contributed by atoms with Gasteiger partial charge in [0.05, 0.1) is 11.1 Å². The number of rotatable bonds is 9. The van der Waals surface area contributed by atoms with E-state index >= 15 is 0 Å². The molecule has 0 radical (unpaired) electrons. The Hall–Kier alpha value is -2.44. The third-order valence-corrected chi connectivity index (χ3v) is 5.63. The zero-order valence-corrected chi connectivity index (χ0v) is 19.0. The van der Waals surface area contributed by atoms with E-state index in [1.54, 1.807) is 0 Å². The van der Waals surface area contributed by atoms with Crippen LogP contribution in [-0.4, -0.2) is 22.9 Å². The van der Waals surface area contributed by atoms with Crippen LogP contribution in [0, 0.1) is 5.92 Å². The number of nitrogens with zero attached hydrogens (tertiary/aromatic N) is 3. The summed E-state index contributed by atoms with van der Waals surface area (Å²) < 4.78 is 121. The lowest BCUT2D eigenvalue weighted by Gasteiger charge is -2.26. The molecule has 0 saturated heterocycles. The molecule has 1 saturated carbocycles. The van der Waals surface area contributed by atoms with Crippen LogP contribution in [0.1, 0.15) is 54.1 Å². The summed E-state index contributed by atoms with van der Waals surface area (Å²) in [4.78, 5) is 1.81. The Bertz CT molecular complexity index is 985. The molecule has 3 rings (SSSR count). The molecular weight excluding hydrogens is 491 g/mol. The van der Waals surface area contributed by atoms with Gasteiger partial charge in [-0.05, 0) is 48.9 Å². The summed E-state index contributed by atoms with van der Waals surface area (Å²) in [5, 5.41) is 6.24. The molecule has 196 valence electrons. The van der Waals surface area contributed by atoms with Crippen molar-refractivity contribution in [2.75, 3.05) is 18.0 Å². The van der Waals surface area contributed by atoms with Gasteiger partial charge in [0.2, 0.25) is 0 Å². The normalized spacial score (nSPS) is 15.1. The molecule has 2 aromatic rings. The first-order chi connectivity index (χ1) is 16.1. The van der Waals surface area contributed by atoms with Gasteiger partial charge in [-0.2, -0.15) is 44.6 Å². The fourth-order valence-corrected chi connectivity index (χ4v) is 3.96. The van der Waals surface area contributed by atoms with Crippen LogP contribution in [0.4, 0.5) is 45.3 Å². The van der Waals surface area contributed by atoms with Gasteiger partial charge in [0.25, 0.3) is 0 Å². The molecule has 1 N–H and O–H groups in total. The van der Waals surface area contributed by atoms with Crippen molar-refractivity contribution in [1.29, 1.82) is 0 Å². The molecule has 1 aliphatic carbocycles. The van der Waals surface area contributed by atoms with E-state index in [-0.39, 0.29) is 23.0 Å². The second-order valence-electron chi connectivity index (χ2n) is 8.68. The Labute approximate surface area is 196 Å². The number of halogens is 9. The molecule has 0 unspecified atom stereocenters. The zero-order chi connectivity index (χ0) is 26.2. The van der Waals surface area contributed by atoms with Crippen LogP contribution in [0.25, 0.3) is 0 Å². The number of aromatic nitrogens is 2. The quantitative estimate of drug-likeness (QED) is 0.392. The van der Waals surface area contributed by atoms with E-state index in [1.807, 2.05) is 11.8 Å². The topological polar surface area (TPSA) is 33.1 Å². The number of aryl methyl sites for hydroxylation is 1. The van der Waals surface area contributed by atoms with Crippen LogP contribution in [-0.2, 0) is 38.7 Å². The van der Waals surface area contributed by atoms with E-state index in [4.69, 9.17) is 0 Å². The van der Waals surface area contributed by atoms with Gasteiger partial charge in [0.1, 0.15) is 5.82 Å². The first-order valence-corrected chi connectivity index (χ1v) is 11.0. The summed E-state index contributed by atoms with van der Waals surface area (Å²) in [6.45, 7) is 1.95. The Morgan fingerprint density at radius 2 is 1.49 bits per heavy atom. The summed E-state index contributed by atoms with van der Waals surface area (Å²) in [5.74, 6) is 0.594. The maximum Gasteiger partial charge on any atom is 0.435 e. The number of hydrogen-bond donors (Lipinski definition) is 1. The predicted molar refractivity (Wildman–Crippen MR) is 110 cm³/mol. The van der Waals surface area contributed by atoms with Gasteiger partial charge in [-0.25, -0.2) is 0 Å². The van der Waals surface area contributed by atoms with Crippen molar-refractivity contribution in [1.82, 2.24) is 15.1 Å². The highest BCUT2D eigenvalue weighted by Gasteiger charge is 2.40. The third kappa shape index (κ3) is 6.83. The van der Waals surface area contributed by atoms with E-state index in [9.17, 15) is 39.5 Å². The molecule has 35 heavy (non-hydrogen) atoms. The van der Waals surface area contributed by atoms with Crippen LogP contribution in [0.2, 0.25) is 0 Å². The van der Waals surface area contributed by atoms with Gasteiger partial charge in [-0.15, -0.1) is 0 Å². The number of nitrogens with one attached hydrogen (secondary N) is 1. The monoisotopic (exact) mass is 516 g/mol. The molecule has 0 atom stereocenters. The maximum atomic E-state index is 13.7. The molecule has 0 bridgehead atoms. The molecule has 0 aliphatic heterocycles. The number of alkyl halides is 9. The minimum absolute atomic E-state index is 0.00494. The highest BCUT2D eigenvalue weighted by atomic mass is 19.4. The van der Waals surface area contributed by atoms with Crippen LogP contribution >= 0.6 is 0 Å². The molecule has 1 fully saturated rings. The van der Waals surface area contributed by atoms with Crippen molar-refractivity contribution in [3.8, 4) is 0 Å². The minimum Gasteiger partial charge on any atom is -0.356 e. The van der Waals surface area contributed by atoms with Crippen molar-refractivity contribution in [2.45, 2.75) is 57.8 Å². The minimum atomic E-state index is -5.01. The molecule has 1 aromatic carbocycles. The molecule has 1 heterocycles. The molecule has 4 nitrogen and oxygen atoms in total. The van der Waals surface area contributed by atoms with E-state index in [0.717, 1.165) is 17.5 Å². The van der Waals surface area contributed by atoms with Gasteiger partial charge in [0, 0.05) is 38.8 Å². The van der Waals surface area contributed by atoms with Crippen LogP contribution in [0.3, 0.4) is 0 Å². The SMILES string of the molecule is CCCN(CC1CC1)c1c(CNCc2cc(C(F)(F)F)cc(C(F)(F)F)c2)c(C(F)(F)F)nn1C. The maximum absolute atomic E-state index is 13.7. The summed E-state index contributed by atoms with van der Waals surface area (Å²) in [6.07, 6.45) is -12.2. The average molecular weight is 516 g/mol. The van der Waals surface area contributed by atoms with Crippen LogP contribution in [0.5, 0.6) is 0 Å². The van der Waals surface area contributed by atoms with E-state index < -0.39 is 48.4 Å². The average Bonchev–Trinajstić information content (AvgIpc) is 3.47. The van der Waals surface area contributed by atoms with Crippen LogP contribution < -0.4 is 10.2 Å². The second kappa shape index (κ2) is 9.90. The largest absolute Gasteiger partial charge is 0.435 e. The van der Waals surface area contributed by atoms with Gasteiger partial charge < -0.3 is 10.2 Å². The van der Waals surface area contributed by atoms with Gasteiger partial charge in [-0.3, -0.25) is 4.68 Å². The van der Waals surface area contributed by atoms with Gasteiger partial charge >= 0.3 is 18.5 Å². The summed E-state index contributed by atoms with van der Waals surface area (Å²) in [7, 11) is 1.38. The predicted octanol–water partition coefficient (Wildman–Crippen LogP) is 6.39. The first-order valence-electron chi connectivity index (χ1n) is 11.0. The fourth-order valence-electron chi connectivity index (χ4n) is 3.96. The number of anilines is 1.